The molecular weight excluding hydrogens is 881 g/mol. The van der Waals surface area contributed by atoms with Gasteiger partial charge in [-0.05, 0) is 84.5 Å². The van der Waals surface area contributed by atoms with Crippen LogP contribution in [0.2, 0.25) is 0 Å². The number of ether oxygens (including phenoxy) is 6. The molecule has 2 rings (SSSR count). The van der Waals surface area contributed by atoms with E-state index in [-0.39, 0.29) is 31.6 Å². The second-order valence-electron chi connectivity index (χ2n) is 18.2. The molecule has 8 nitrogen and oxygen atoms in total. The summed E-state index contributed by atoms with van der Waals surface area (Å²) >= 11 is 0. The first-order valence-electron chi connectivity index (χ1n) is 19.5. The Morgan fingerprint density at radius 3 is 1.18 bits per heavy atom. The average molecular weight is 941 g/mol. The lowest BCUT2D eigenvalue weighted by Gasteiger charge is -2.49. The van der Waals surface area contributed by atoms with Crippen LogP contribution in [-0.2, 0) is 38.0 Å². The highest BCUT2D eigenvalue weighted by atomic mass is 19.4. The molecule has 8 unspecified atom stereocenters. The van der Waals surface area contributed by atoms with Gasteiger partial charge in [-0.25, -0.2) is 0 Å². The van der Waals surface area contributed by atoms with Gasteiger partial charge in [-0.2, -0.15) is 65.9 Å². The number of methoxy groups -OCH3 is 2. The number of carbonyl (C=O) groups excluding carboxylic acids is 2. The van der Waals surface area contributed by atoms with E-state index in [4.69, 9.17) is 9.47 Å². The lowest BCUT2D eigenvalue weighted by atomic mass is 9.66. The number of esters is 2. The summed E-state index contributed by atoms with van der Waals surface area (Å²) in [6.07, 6.45) is -33.5. The van der Waals surface area contributed by atoms with Crippen LogP contribution < -0.4 is 0 Å². The lowest BCUT2D eigenvalue weighted by Crippen LogP contribution is -2.73. The molecule has 0 saturated heterocycles. The predicted molar refractivity (Wildman–Crippen MR) is 191 cm³/mol. The third kappa shape index (κ3) is 10.2. The topological polar surface area (TPSA) is 89.5 Å². The molecule has 0 spiro atoms. The Morgan fingerprint density at radius 2 is 0.935 bits per heavy atom. The summed E-state index contributed by atoms with van der Waals surface area (Å²) in [5.41, 5.74) is -21.3. The van der Waals surface area contributed by atoms with Gasteiger partial charge in [-0.1, -0.05) is 48.5 Å². The predicted octanol–water partition coefficient (Wildman–Crippen LogP) is 11.9. The molecule has 2 saturated carbocycles. The summed E-state index contributed by atoms with van der Waals surface area (Å²) in [5.74, 6) is -4.77. The molecule has 0 aromatic heterocycles. The van der Waals surface area contributed by atoms with E-state index in [1.807, 2.05) is 13.8 Å². The molecule has 23 heteroatoms. The van der Waals surface area contributed by atoms with Crippen molar-refractivity contribution in [3.05, 3.63) is 0 Å². The van der Waals surface area contributed by atoms with E-state index in [2.05, 4.69) is 18.9 Å². The first-order chi connectivity index (χ1) is 27.3. The van der Waals surface area contributed by atoms with Gasteiger partial charge in [-0.15, -0.1) is 0 Å². The van der Waals surface area contributed by atoms with Crippen LogP contribution in [0, 0.1) is 46.3 Å². The van der Waals surface area contributed by atoms with Gasteiger partial charge < -0.3 is 28.4 Å². The van der Waals surface area contributed by atoms with Crippen molar-refractivity contribution in [1.29, 1.82) is 0 Å². The van der Waals surface area contributed by atoms with E-state index in [0.717, 1.165) is 21.1 Å². The number of hydrogen-bond donors (Lipinski definition) is 0. The normalized spacial score (nSPS) is 25.3. The molecule has 0 radical (unpaired) electrons. The Morgan fingerprint density at radius 1 is 0.597 bits per heavy atom. The van der Waals surface area contributed by atoms with Crippen molar-refractivity contribution in [2.45, 2.75) is 175 Å². The van der Waals surface area contributed by atoms with Gasteiger partial charge in [0.1, 0.15) is 0 Å². The van der Waals surface area contributed by atoms with Crippen LogP contribution in [0.15, 0.2) is 0 Å². The summed E-state index contributed by atoms with van der Waals surface area (Å²) in [6.45, 7) is 13.5. The molecule has 0 heterocycles. The van der Waals surface area contributed by atoms with Gasteiger partial charge >= 0.3 is 54.0 Å². The minimum absolute atomic E-state index is 0.111. The minimum Gasteiger partial charge on any atom is -0.455 e. The fraction of sp³-hybridized carbons (Fsp3) is 0.949. The monoisotopic (exact) mass is 940 g/mol. The zero-order valence-corrected chi connectivity index (χ0v) is 37.2. The highest BCUT2D eigenvalue weighted by Crippen LogP contribution is 2.63. The van der Waals surface area contributed by atoms with E-state index < -0.39 is 107 Å². The first-order valence-corrected chi connectivity index (χ1v) is 19.5. The van der Waals surface area contributed by atoms with E-state index in [1.165, 1.54) is 27.7 Å². The Labute approximate surface area is 351 Å². The maximum absolute atomic E-state index is 14.2. The number of fused-ring (bicyclic) bond motifs is 2. The number of alkyl halides is 15. The zero-order valence-electron chi connectivity index (χ0n) is 37.2. The Balaban J connectivity index is 0.000000622. The molecular formula is C39H59F15O8. The zero-order chi connectivity index (χ0) is 49.6. The number of halogens is 15. The van der Waals surface area contributed by atoms with Gasteiger partial charge in [0.05, 0.1) is 5.41 Å². The van der Waals surface area contributed by atoms with Gasteiger partial charge in [0.25, 0.3) is 0 Å². The fourth-order valence-electron chi connectivity index (χ4n) is 8.39. The second kappa shape index (κ2) is 18.5. The SMILES string of the molecule is CCC(C)(C(=O)OC(C)(C)C(OC(OC)C(C)C)(C(F)(F)F)C(F)(F)F)C(F)(F)F.COC(OC(C(F)(F)F)(C(F)(F)F)C(C)(C)OC(=O)C1(C)CC2CC1C(C)C2C)C(C)C. The molecule has 8 atom stereocenters. The molecule has 0 aromatic carbocycles. The van der Waals surface area contributed by atoms with Gasteiger partial charge in [-0.3, -0.25) is 9.59 Å². The van der Waals surface area contributed by atoms with Gasteiger partial charge in [0.15, 0.2) is 29.2 Å². The Hall–Kier alpha value is -2.27. The van der Waals surface area contributed by atoms with Crippen LogP contribution >= 0.6 is 0 Å². The Bertz CT molecular complexity index is 1490. The summed E-state index contributed by atoms with van der Waals surface area (Å²) in [4.78, 5) is 25.4. The maximum Gasteiger partial charge on any atom is 0.430 e. The highest BCUT2D eigenvalue weighted by Gasteiger charge is 2.83. The number of rotatable bonds is 15. The van der Waals surface area contributed by atoms with Crippen molar-refractivity contribution in [2.24, 2.45) is 46.3 Å². The van der Waals surface area contributed by atoms with Crippen LogP contribution in [0.5, 0.6) is 0 Å². The largest absolute Gasteiger partial charge is 0.455 e. The second-order valence-corrected chi connectivity index (χ2v) is 18.2. The molecule has 368 valence electrons. The van der Waals surface area contributed by atoms with Gasteiger partial charge in [0, 0.05) is 26.1 Å². The summed E-state index contributed by atoms with van der Waals surface area (Å²) in [7, 11) is 1.75. The van der Waals surface area contributed by atoms with E-state index in [9.17, 15) is 75.4 Å². The summed E-state index contributed by atoms with van der Waals surface area (Å²) in [6, 6.07) is 0. The molecule has 0 N–H and O–H groups in total. The fourth-order valence-corrected chi connectivity index (χ4v) is 8.39. The van der Waals surface area contributed by atoms with Crippen LogP contribution in [0.25, 0.3) is 0 Å². The molecule has 2 aliphatic rings. The van der Waals surface area contributed by atoms with Crippen LogP contribution in [0.4, 0.5) is 65.9 Å². The van der Waals surface area contributed by atoms with Crippen LogP contribution in [-0.4, -0.2) is 92.0 Å². The molecule has 2 aliphatic carbocycles. The maximum atomic E-state index is 14.2. The van der Waals surface area contributed by atoms with Crippen molar-refractivity contribution >= 4 is 11.9 Å². The first kappa shape index (κ1) is 57.7. The van der Waals surface area contributed by atoms with Crippen molar-refractivity contribution in [1.82, 2.24) is 0 Å². The minimum atomic E-state index is -6.25. The highest BCUT2D eigenvalue weighted by molar-refractivity contribution is 5.78. The number of hydrogen-bond acceptors (Lipinski definition) is 8. The van der Waals surface area contributed by atoms with E-state index >= 15 is 0 Å². The third-order valence-electron chi connectivity index (χ3n) is 12.6. The number of carbonyl (C=O) groups is 2. The van der Waals surface area contributed by atoms with Crippen molar-refractivity contribution < 1.29 is 104 Å². The van der Waals surface area contributed by atoms with Gasteiger partial charge in [0.2, 0.25) is 0 Å². The smallest absolute Gasteiger partial charge is 0.430 e. The summed E-state index contributed by atoms with van der Waals surface area (Å²) in [5, 5.41) is 0. The van der Waals surface area contributed by atoms with E-state index in [0.29, 0.717) is 39.5 Å². The van der Waals surface area contributed by atoms with Crippen LogP contribution in [0.3, 0.4) is 0 Å². The third-order valence-corrected chi connectivity index (χ3v) is 12.6. The van der Waals surface area contributed by atoms with Crippen molar-refractivity contribution in [3.63, 3.8) is 0 Å². The molecule has 0 amide bonds. The average Bonchev–Trinajstić information content (AvgIpc) is 3.55. The van der Waals surface area contributed by atoms with E-state index in [1.54, 1.807) is 6.92 Å². The summed E-state index contributed by atoms with van der Waals surface area (Å²) < 4.78 is 236. The molecule has 2 bridgehead atoms. The van der Waals surface area contributed by atoms with Crippen molar-refractivity contribution in [3.8, 4) is 0 Å². The molecule has 2 fully saturated rings. The molecule has 62 heavy (non-hydrogen) atoms. The quantitative estimate of drug-likeness (QED) is 0.0911. The Kier molecular flexibility index (Phi) is 17.3. The van der Waals surface area contributed by atoms with Crippen molar-refractivity contribution in [2.75, 3.05) is 14.2 Å². The standard InChI is InChI=1S/C22H34F6O4.C17H25F9O4/c1-11(2)16(30-8)31-20(21(23,24)25,22(26,27)28)18(5,6)32-17(29)19(7)10-14-9-15(19)13(4)12(14)3;1-8-13(6,15(18,19)20)11(27)30-12(4,5)14(16(21,22)23,17(24,25)26)29-10(28-7)9(2)3/h11-16H,9-10H2,1-8H3;9-10H,8H2,1-7H3. The van der Waals surface area contributed by atoms with Crippen LogP contribution in [0.1, 0.15) is 109 Å². The lowest BCUT2D eigenvalue weighted by molar-refractivity contribution is -0.446. The molecule has 0 aliphatic heterocycles. The molecule has 0 aromatic rings.